The number of piperazine rings is 1. The molecule has 0 radical (unpaired) electrons. The minimum Gasteiger partial charge on any atom is -0.371 e. The number of anilines is 2. The summed E-state index contributed by atoms with van der Waals surface area (Å²) in [7, 11) is -3.47. The molecule has 10 heteroatoms. The van der Waals surface area contributed by atoms with Gasteiger partial charge in [0.1, 0.15) is 0 Å². The van der Waals surface area contributed by atoms with Crippen LogP contribution in [0.5, 0.6) is 0 Å². The molecule has 2 heterocycles. The van der Waals surface area contributed by atoms with E-state index in [4.69, 9.17) is 0 Å². The van der Waals surface area contributed by atoms with Crippen LogP contribution in [0.15, 0.2) is 47.4 Å². The molecule has 2 saturated heterocycles. The standard InChI is InChI=1S/C23H26F3N3O3S/c1-33(31,32)19-8-9-21(28-10-2-3-11-28)20(16-19)22(30)29-14-12-27(13-15-29)18-6-4-17(5-7-18)23(24,25)26/h4-9,16H,2-3,10-15H2,1H3. The summed E-state index contributed by atoms with van der Waals surface area (Å²) in [6.07, 6.45) is -1.22. The van der Waals surface area contributed by atoms with Gasteiger partial charge in [0.2, 0.25) is 0 Å². The highest BCUT2D eigenvalue weighted by molar-refractivity contribution is 7.90. The number of hydrogen-bond donors (Lipinski definition) is 0. The molecule has 4 rings (SSSR count). The minimum atomic E-state index is -4.38. The number of hydrogen-bond acceptors (Lipinski definition) is 5. The Hall–Kier alpha value is -2.75. The van der Waals surface area contributed by atoms with Gasteiger partial charge in [0, 0.05) is 56.9 Å². The number of alkyl halides is 3. The van der Waals surface area contributed by atoms with E-state index in [1.807, 2.05) is 4.90 Å². The van der Waals surface area contributed by atoms with E-state index in [0.29, 0.717) is 37.4 Å². The normalized spacial score (nSPS) is 17.5. The van der Waals surface area contributed by atoms with Gasteiger partial charge in [-0.15, -0.1) is 0 Å². The van der Waals surface area contributed by atoms with Gasteiger partial charge >= 0.3 is 6.18 Å². The lowest BCUT2D eigenvalue weighted by atomic mass is 10.1. The van der Waals surface area contributed by atoms with Gasteiger partial charge in [-0.05, 0) is 55.3 Å². The van der Waals surface area contributed by atoms with Crippen molar-refractivity contribution in [3.63, 3.8) is 0 Å². The molecule has 0 aliphatic carbocycles. The first kappa shape index (κ1) is 23.4. The van der Waals surface area contributed by atoms with Crippen molar-refractivity contribution < 1.29 is 26.4 Å². The first-order valence-electron chi connectivity index (χ1n) is 10.8. The van der Waals surface area contributed by atoms with Crippen LogP contribution in [-0.4, -0.2) is 64.7 Å². The number of amides is 1. The number of rotatable bonds is 4. The van der Waals surface area contributed by atoms with Crippen molar-refractivity contribution in [1.82, 2.24) is 4.90 Å². The number of sulfone groups is 1. The zero-order valence-corrected chi connectivity index (χ0v) is 19.1. The summed E-state index contributed by atoms with van der Waals surface area (Å²) in [5.74, 6) is -0.227. The van der Waals surface area contributed by atoms with Gasteiger partial charge in [0.05, 0.1) is 16.0 Å². The predicted molar refractivity (Wildman–Crippen MR) is 121 cm³/mol. The Morgan fingerprint density at radius 1 is 0.848 bits per heavy atom. The molecule has 2 aromatic carbocycles. The molecule has 2 aliphatic rings. The number of carbonyl (C=O) groups excluding carboxylic acids is 1. The fourth-order valence-electron chi connectivity index (χ4n) is 4.35. The predicted octanol–water partition coefficient (Wildman–Crippen LogP) is 3.67. The SMILES string of the molecule is CS(=O)(=O)c1ccc(N2CCCC2)c(C(=O)N2CCN(c3ccc(C(F)(F)F)cc3)CC2)c1. The number of nitrogens with zero attached hydrogens (tertiary/aromatic N) is 3. The first-order valence-corrected chi connectivity index (χ1v) is 12.7. The average molecular weight is 482 g/mol. The highest BCUT2D eigenvalue weighted by Gasteiger charge is 2.31. The van der Waals surface area contributed by atoms with E-state index in [2.05, 4.69) is 4.90 Å². The Morgan fingerprint density at radius 3 is 2.00 bits per heavy atom. The third kappa shape index (κ3) is 5.10. The van der Waals surface area contributed by atoms with E-state index in [1.54, 1.807) is 17.0 Å². The van der Waals surface area contributed by atoms with E-state index in [1.165, 1.54) is 18.2 Å². The summed E-state index contributed by atoms with van der Waals surface area (Å²) in [6, 6.07) is 9.74. The Morgan fingerprint density at radius 2 is 1.45 bits per heavy atom. The molecule has 0 N–H and O–H groups in total. The molecule has 0 saturated carbocycles. The van der Waals surface area contributed by atoms with Crippen LogP contribution in [0.1, 0.15) is 28.8 Å². The molecule has 0 atom stereocenters. The van der Waals surface area contributed by atoms with Crippen molar-refractivity contribution in [3.05, 3.63) is 53.6 Å². The van der Waals surface area contributed by atoms with E-state index in [0.717, 1.165) is 50.0 Å². The molecule has 6 nitrogen and oxygen atoms in total. The van der Waals surface area contributed by atoms with Crippen molar-refractivity contribution in [3.8, 4) is 0 Å². The monoisotopic (exact) mass is 481 g/mol. The average Bonchev–Trinajstić information content (AvgIpc) is 3.32. The van der Waals surface area contributed by atoms with E-state index < -0.39 is 21.6 Å². The fraction of sp³-hybridized carbons (Fsp3) is 0.435. The summed E-state index contributed by atoms with van der Waals surface area (Å²) in [6.45, 7) is 3.37. The van der Waals surface area contributed by atoms with E-state index >= 15 is 0 Å². The van der Waals surface area contributed by atoms with Gasteiger partial charge in [-0.1, -0.05) is 0 Å². The van der Waals surface area contributed by atoms with Crippen LogP contribution in [0.3, 0.4) is 0 Å². The van der Waals surface area contributed by atoms with Crippen LogP contribution in [0.4, 0.5) is 24.5 Å². The Bertz CT molecular complexity index is 1120. The molecule has 2 aliphatic heterocycles. The second-order valence-electron chi connectivity index (χ2n) is 8.47. The van der Waals surface area contributed by atoms with Gasteiger partial charge < -0.3 is 14.7 Å². The molecule has 0 aromatic heterocycles. The highest BCUT2D eigenvalue weighted by Crippen LogP contribution is 2.31. The van der Waals surface area contributed by atoms with Crippen molar-refractivity contribution >= 4 is 27.1 Å². The van der Waals surface area contributed by atoms with Gasteiger partial charge in [-0.3, -0.25) is 4.79 Å². The quantitative estimate of drug-likeness (QED) is 0.667. The summed E-state index contributed by atoms with van der Waals surface area (Å²) < 4.78 is 62.6. The molecule has 0 spiro atoms. The molecule has 0 bridgehead atoms. The van der Waals surface area contributed by atoms with Crippen LogP contribution in [0, 0.1) is 0 Å². The maximum absolute atomic E-state index is 13.4. The van der Waals surface area contributed by atoms with Gasteiger partial charge in [-0.2, -0.15) is 13.2 Å². The Labute approximate surface area is 191 Å². The lowest BCUT2D eigenvalue weighted by Crippen LogP contribution is -2.49. The third-order valence-corrected chi connectivity index (χ3v) is 7.31. The summed E-state index contributed by atoms with van der Waals surface area (Å²) >= 11 is 0. The van der Waals surface area contributed by atoms with E-state index in [-0.39, 0.29) is 10.8 Å². The van der Waals surface area contributed by atoms with Crippen molar-refractivity contribution in [2.75, 3.05) is 55.3 Å². The van der Waals surface area contributed by atoms with Crippen LogP contribution in [-0.2, 0) is 16.0 Å². The van der Waals surface area contributed by atoms with Crippen LogP contribution in [0.2, 0.25) is 0 Å². The summed E-state index contributed by atoms with van der Waals surface area (Å²) in [5, 5.41) is 0. The zero-order valence-electron chi connectivity index (χ0n) is 18.3. The summed E-state index contributed by atoms with van der Waals surface area (Å²) in [5.41, 5.74) is 1.10. The lowest BCUT2D eigenvalue weighted by molar-refractivity contribution is -0.137. The molecule has 2 fully saturated rings. The molecule has 2 aromatic rings. The largest absolute Gasteiger partial charge is 0.416 e. The maximum atomic E-state index is 13.4. The molecule has 178 valence electrons. The topological polar surface area (TPSA) is 60.9 Å². The molecular weight excluding hydrogens is 455 g/mol. The minimum absolute atomic E-state index is 0.109. The fourth-order valence-corrected chi connectivity index (χ4v) is 5.00. The smallest absolute Gasteiger partial charge is 0.371 e. The van der Waals surface area contributed by atoms with Crippen LogP contribution < -0.4 is 9.80 Å². The van der Waals surface area contributed by atoms with Crippen molar-refractivity contribution in [2.45, 2.75) is 23.9 Å². The van der Waals surface area contributed by atoms with E-state index in [9.17, 15) is 26.4 Å². The summed E-state index contributed by atoms with van der Waals surface area (Å²) in [4.78, 5) is 19.3. The molecule has 0 unspecified atom stereocenters. The first-order chi connectivity index (χ1) is 15.5. The second kappa shape index (κ2) is 8.89. The Balaban J connectivity index is 1.51. The number of halogens is 3. The maximum Gasteiger partial charge on any atom is 0.416 e. The highest BCUT2D eigenvalue weighted by atomic mass is 32.2. The zero-order chi connectivity index (χ0) is 23.8. The van der Waals surface area contributed by atoms with Crippen LogP contribution >= 0.6 is 0 Å². The third-order valence-electron chi connectivity index (χ3n) is 6.20. The second-order valence-corrected chi connectivity index (χ2v) is 10.5. The van der Waals surface area contributed by atoms with Crippen molar-refractivity contribution in [1.29, 1.82) is 0 Å². The van der Waals surface area contributed by atoms with Crippen molar-refractivity contribution in [2.24, 2.45) is 0 Å². The molecule has 1 amide bonds. The van der Waals surface area contributed by atoms with Gasteiger partial charge in [0.15, 0.2) is 9.84 Å². The van der Waals surface area contributed by atoms with Crippen LogP contribution in [0.25, 0.3) is 0 Å². The number of carbonyl (C=O) groups is 1. The molecule has 33 heavy (non-hydrogen) atoms. The Kier molecular flexibility index (Phi) is 6.30. The van der Waals surface area contributed by atoms with Gasteiger partial charge in [-0.25, -0.2) is 8.42 Å². The van der Waals surface area contributed by atoms with Gasteiger partial charge in [0.25, 0.3) is 5.91 Å². The lowest BCUT2D eigenvalue weighted by Gasteiger charge is -2.37. The molecular formula is C23H26F3N3O3S. The number of benzene rings is 2.